The van der Waals surface area contributed by atoms with Crippen LogP contribution in [0.3, 0.4) is 0 Å². The summed E-state index contributed by atoms with van der Waals surface area (Å²) in [6.07, 6.45) is 2.34. The summed E-state index contributed by atoms with van der Waals surface area (Å²) >= 11 is 1.91. The van der Waals surface area contributed by atoms with E-state index in [1.165, 1.54) is 22.6 Å². The minimum Gasteiger partial charge on any atom is -0.298 e. The molecule has 0 spiro atoms. The maximum absolute atomic E-state index is 4.46. The van der Waals surface area contributed by atoms with Gasteiger partial charge < -0.3 is 0 Å². The van der Waals surface area contributed by atoms with Crippen LogP contribution in [0.25, 0.3) is 0 Å². The van der Waals surface area contributed by atoms with Gasteiger partial charge in [-0.05, 0) is 51.9 Å². The van der Waals surface area contributed by atoms with E-state index in [-0.39, 0.29) is 0 Å². The minimum absolute atomic E-state index is 0.534. The summed E-state index contributed by atoms with van der Waals surface area (Å²) in [5, 5.41) is 7.25. The van der Waals surface area contributed by atoms with Crippen molar-refractivity contribution in [3.63, 3.8) is 0 Å². The Morgan fingerprint density at radius 2 is 2.11 bits per heavy atom. The molecular formula is C14H20N4S. The van der Waals surface area contributed by atoms with Gasteiger partial charge in [0.25, 0.3) is 0 Å². The van der Waals surface area contributed by atoms with Crippen LogP contribution in [-0.2, 0) is 6.54 Å². The molecule has 5 heteroatoms. The van der Waals surface area contributed by atoms with Gasteiger partial charge in [-0.2, -0.15) is 5.10 Å². The third-order valence-electron chi connectivity index (χ3n) is 3.74. The molecule has 2 aromatic rings. The molecule has 102 valence electrons. The Morgan fingerprint density at radius 1 is 1.32 bits per heavy atom. The topological polar surface area (TPSA) is 44.8 Å². The second-order valence-corrected chi connectivity index (χ2v) is 6.71. The largest absolute Gasteiger partial charge is 0.298 e. The number of aryl methyl sites for hydroxylation is 2. The standard InChI is InChI=1S/C14H20N4S/c1-10-3-4-13(19-10)9-18-7-5-12(6-8-18)14-15-11(2)16-17-14/h3-4,12H,5-9H2,1-2H3,(H,15,16,17). The Kier molecular flexibility index (Phi) is 3.66. The summed E-state index contributed by atoms with van der Waals surface area (Å²) in [5.74, 6) is 2.46. The highest BCUT2D eigenvalue weighted by molar-refractivity contribution is 7.11. The summed E-state index contributed by atoms with van der Waals surface area (Å²) in [6, 6.07) is 4.47. The van der Waals surface area contributed by atoms with Gasteiger partial charge in [0.1, 0.15) is 5.82 Å². The molecule has 0 aliphatic carbocycles. The molecule has 4 nitrogen and oxygen atoms in total. The number of thiophene rings is 1. The van der Waals surface area contributed by atoms with Crippen LogP contribution in [0.5, 0.6) is 0 Å². The van der Waals surface area contributed by atoms with Crippen molar-refractivity contribution in [2.24, 2.45) is 0 Å². The van der Waals surface area contributed by atoms with Gasteiger partial charge in [0.15, 0.2) is 5.82 Å². The molecule has 0 unspecified atom stereocenters. The molecule has 19 heavy (non-hydrogen) atoms. The van der Waals surface area contributed by atoms with E-state index in [2.05, 4.69) is 39.1 Å². The van der Waals surface area contributed by atoms with Crippen LogP contribution in [0.4, 0.5) is 0 Å². The normalized spacial score (nSPS) is 18.0. The average Bonchev–Trinajstić information content (AvgIpc) is 3.00. The number of aromatic nitrogens is 3. The number of hydrogen-bond donors (Lipinski definition) is 1. The van der Waals surface area contributed by atoms with Gasteiger partial charge in [0, 0.05) is 22.2 Å². The first-order valence-electron chi connectivity index (χ1n) is 6.87. The molecule has 1 N–H and O–H groups in total. The zero-order chi connectivity index (χ0) is 13.2. The molecule has 0 radical (unpaired) electrons. The van der Waals surface area contributed by atoms with Crippen molar-refractivity contribution in [3.8, 4) is 0 Å². The monoisotopic (exact) mass is 276 g/mol. The van der Waals surface area contributed by atoms with Crippen LogP contribution in [0.2, 0.25) is 0 Å². The molecule has 0 aromatic carbocycles. The van der Waals surface area contributed by atoms with Crippen LogP contribution in [0, 0.1) is 13.8 Å². The first kappa shape index (κ1) is 12.8. The lowest BCUT2D eigenvalue weighted by Gasteiger charge is -2.30. The molecule has 1 saturated heterocycles. The van der Waals surface area contributed by atoms with E-state index in [0.29, 0.717) is 5.92 Å². The maximum Gasteiger partial charge on any atom is 0.153 e. The number of H-pyrrole nitrogens is 1. The fourth-order valence-corrected chi connectivity index (χ4v) is 3.62. The lowest BCUT2D eigenvalue weighted by atomic mass is 9.96. The number of nitrogens with one attached hydrogen (secondary N) is 1. The summed E-state index contributed by atoms with van der Waals surface area (Å²) in [7, 11) is 0. The Morgan fingerprint density at radius 3 is 2.68 bits per heavy atom. The highest BCUT2D eigenvalue weighted by Crippen LogP contribution is 2.27. The van der Waals surface area contributed by atoms with Gasteiger partial charge in [-0.25, -0.2) is 4.98 Å². The second kappa shape index (κ2) is 5.43. The molecule has 0 bridgehead atoms. The van der Waals surface area contributed by atoms with Crippen LogP contribution < -0.4 is 0 Å². The highest BCUT2D eigenvalue weighted by Gasteiger charge is 2.23. The van der Waals surface area contributed by atoms with E-state index in [4.69, 9.17) is 0 Å². The smallest absolute Gasteiger partial charge is 0.153 e. The number of piperidine rings is 1. The van der Waals surface area contributed by atoms with E-state index in [1.54, 1.807) is 0 Å². The van der Waals surface area contributed by atoms with Crippen molar-refractivity contribution in [1.29, 1.82) is 0 Å². The maximum atomic E-state index is 4.46. The van der Waals surface area contributed by atoms with E-state index < -0.39 is 0 Å². The number of aromatic amines is 1. The van der Waals surface area contributed by atoms with Gasteiger partial charge >= 0.3 is 0 Å². The van der Waals surface area contributed by atoms with E-state index in [1.807, 2.05) is 18.3 Å². The lowest BCUT2D eigenvalue weighted by molar-refractivity contribution is 0.203. The minimum atomic E-state index is 0.534. The van der Waals surface area contributed by atoms with Gasteiger partial charge in [-0.15, -0.1) is 11.3 Å². The van der Waals surface area contributed by atoms with E-state index >= 15 is 0 Å². The van der Waals surface area contributed by atoms with Gasteiger partial charge in [-0.1, -0.05) is 0 Å². The van der Waals surface area contributed by atoms with E-state index in [0.717, 1.165) is 31.3 Å². The zero-order valence-electron chi connectivity index (χ0n) is 11.5. The molecular weight excluding hydrogens is 256 g/mol. The number of nitrogens with zero attached hydrogens (tertiary/aromatic N) is 3. The van der Waals surface area contributed by atoms with Crippen LogP contribution in [0.15, 0.2) is 12.1 Å². The molecule has 0 amide bonds. The van der Waals surface area contributed by atoms with Crippen molar-refractivity contribution in [2.75, 3.05) is 13.1 Å². The summed E-state index contributed by atoms with van der Waals surface area (Å²) in [5.41, 5.74) is 0. The Bertz CT molecular complexity index is 537. The van der Waals surface area contributed by atoms with Gasteiger partial charge in [0.2, 0.25) is 0 Å². The Labute approximate surface area is 117 Å². The fraction of sp³-hybridized carbons (Fsp3) is 0.571. The summed E-state index contributed by atoms with van der Waals surface area (Å²) in [6.45, 7) is 7.53. The lowest BCUT2D eigenvalue weighted by Crippen LogP contribution is -2.32. The van der Waals surface area contributed by atoms with Crippen molar-refractivity contribution < 1.29 is 0 Å². The Hall–Kier alpha value is -1.20. The zero-order valence-corrected chi connectivity index (χ0v) is 12.3. The number of likely N-dealkylation sites (tertiary alicyclic amines) is 1. The molecule has 0 atom stereocenters. The van der Waals surface area contributed by atoms with Crippen molar-refractivity contribution in [2.45, 2.75) is 39.2 Å². The van der Waals surface area contributed by atoms with E-state index in [9.17, 15) is 0 Å². The van der Waals surface area contributed by atoms with Crippen molar-refractivity contribution >= 4 is 11.3 Å². The molecule has 1 aliphatic heterocycles. The molecule has 1 fully saturated rings. The van der Waals surface area contributed by atoms with Crippen LogP contribution in [0.1, 0.15) is 40.2 Å². The molecule has 3 heterocycles. The Balaban J connectivity index is 1.54. The molecule has 1 aliphatic rings. The fourth-order valence-electron chi connectivity index (χ4n) is 2.68. The first-order valence-corrected chi connectivity index (χ1v) is 7.69. The summed E-state index contributed by atoms with van der Waals surface area (Å²) < 4.78 is 0. The quantitative estimate of drug-likeness (QED) is 0.937. The number of rotatable bonds is 3. The second-order valence-electron chi connectivity index (χ2n) is 5.34. The highest BCUT2D eigenvalue weighted by atomic mass is 32.1. The third kappa shape index (κ3) is 3.04. The van der Waals surface area contributed by atoms with Crippen LogP contribution >= 0.6 is 11.3 Å². The molecule has 2 aromatic heterocycles. The summed E-state index contributed by atoms with van der Waals surface area (Å²) in [4.78, 5) is 9.89. The third-order valence-corrected chi connectivity index (χ3v) is 4.73. The first-order chi connectivity index (χ1) is 9.20. The SMILES string of the molecule is Cc1nc(C2CCN(Cc3ccc(C)s3)CC2)n[nH]1. The van der Waals surface area contributed by atoms with Crippen molar-refractivity contribution in [3.05, 3.63) is 33.5 Å². The predicted octanol–water partition coefficient (Wildman–Crippen LogP) is 2.86. The van der Waals surface area contributed by atoms with Gasteiger partial charge in [0.05, 0.1) is 0 Å². The van der Waals surface area contributed by atoms with Gasteiger partial charge in [-0.3, -0.25) is 10.00 Å². The molecule has 0 saturated carbocycles. The predicted molar refractivity (Wildman–Crippen MR) is 77.4 cm³/mol. The average molecular weight is 276 g/mol. The van der Waals surface area contributed by atoms with Crippen molar-refractivity contribution in [1.82, 2.24) is 20.1 Å². The van der Waals surface area contributed by atoms with Crippen LogP contribution in [-0.4, -0.2) is 33.2 Å². The number of hydrogen-bond acceptors (Lipinski definition) is 4. The molecule has 3 rings (SSSR count).